The normalized spacial score (nSPS) is 11.1. The molecule has 0 aliphatic carbocycles. The molecule has 2 aromatic rings. The Balaban J connectivity index is 2.53. The van der Waals surface area contributed by atoms with E-state index in [0.29, 0.717) is 0 Å². The second-order valence-electron chi connectivity index (χ2n) is 3.38. The van der Waals surface area contributed by atoms with Gasteiger partial charge in [-0.1, -0.05) is 11.8 Å². The molecule has 0 atom stereocenters. The first-order valence-electron chi connectivity index (χ1n) is 4.75. The maximum absolute atomic E-state index is 13.5. The van der Waals surface area contributed by atoms with E-state index in [0.717, 1.165) is 12.3 Å². The van der Waals surface area contributed by atoms with Gasteiger partial charge >= 0.3 is 5.97 Å². The molecule has 0 saturated carbocycles. The van der Waals surface area contributed by atoms with Crippen LogP contribution in [0.4, 0.5) is 13.2 Å². The number of aromatic nitrogens is 1. The average molecular weight is 273 g/mol. The number of carbonyl (C=O) groups is 1. The summed E-state index contributed by atoms with van der Waals surface area (Å²) in [5.74, 6) is -4.73. The molecule has 1 aromatic heterocycles. The lowest BCUT2D eigenvalue weighted by Gasteiger charge is -2.05. The van der Waals surface area contributed by atoms with Crippen LogP contribution in [0.15, 0.2) is 29.3 Å². The first-order chi connectivity index (χ1) is 8.47. The van der Waals surface area contributed by atoms with Crippen LogP contribution in [0.2, 0.25) is 0 Å². The quantitative estimate of drug-likeness (QED) is 0.871. The molecule has 0 bridgehead atoms. The molecule has 3 nitrogen and oxygen atoms in total. The van der Waals surface area contributed by atoms with E-state index >= 15 is 0 Å². The number of aromatic carboxylic acids is 1. The summed E-state index contributed by atoms with van der Waals surface area (Å²) in [6, 6.07) is 3.41. The summed E-state index contributed by atoms with van der Waals surface area (Å²) in [4.78, 5) is 14.3. The van der Waals surface area contributed by atoms with Crippen LogP contribution in [-0.2, 0) is 0 Å². The lowest BCUT2D eigenvalue weighted by molar-refractivity contribution is 0.0696. The van der Waals surface area contributed by atoms with Gasteiger partial charge in [-0.15, -0.1) is 0 Å². The molecule has 0 unspecified atom stereocenters. The third-order valence-corrected chi connectivity index (χ3v) is 2.94. The number of carboxylic acids is 1. The Hall–Kier alpha value is -1.76. The van der Waals surface area contributed by atoms with Gasteiger partial charge in [0.15, 0.2) is 0 Å². The number of carboxylic acid groups (broad SMARTS) is 1. The van der Waals surface area contributed by atoms with E-state index in [2.05, 4.69) is 4.98 Å². The van der Waals surface area contributed by atoms with Crippen LogP contribution in [0.3, 0.4) is 0 Å². The standard InChI is InChI=1S/C11H6F3NO2S/c12-7-2-5-1-6(10(16)17)4-15-8(5)3-9(7)18-11(13)14/h1-4,11H,(H,16,17). The predicted molar refractivity (Wildman–Crippen MR) is 60.5 cm³/mol. The fourth-order valence-corrected chi connectivity index (χ4v) is 1.98. The molecular weight excluding hydrogens is 267 g/mol. The summed E-state index contributed by atoms with van der Waals surface area (Å²) in [6.07, 6.45) is 1.10. The van der Waals surface area contributed by atoms with Crippen LogP contribution < -0.4 is 0 Å². The van der Waals surface area contributed by atoms with Crippen LogP contribution in [-0.4, -0.2) is 21.8 Å². The number of nitrogens with zero attached hydrogens (tertiary/aromatic N) is 1. The molecular formula is C11H6F3NO2S. The Kier molecular flexibility index (Phi) is 3.42. The van der Waals surface area contributed by atoms with Crippen LogP contribution in [0.5, 0.6) is 0 Å². The van der Waals surface area contributed by atoms with E-state index in [9.17, 15) is 18.0 Å². The summed E-state index contributed by atoms with van der Waals surface area (Å²) < 4.78 is 37.8. The third kappa shape index (κ3) is 2.56. The zero-order chi connectivity index (χ0) is 13.3. The number of thioether (sulfide) groups is 1. The Morgan fingerprint density at radius 1 is 1.33 bits per heavy atom. The molecule has 0 amide bonds. The highest BCUT2D eigenvalue weighted by molar-refractivity contribution is 7.99. The van der Waals surface area contributed by atoms with Crippen LogP contribution in [0.25, 0.3) is 10.9 Å². The van der Waals surface area contributed by atoms with Crippen molar-refractivity contribution in [2.24, 2.45) is 0 Å². The van der Waals surface area contributed by atoms with Crippen molar-refractivity contribution in [3.63, 3.8) is 0 Å². The molecule has 0 saturated heterocycles. The number of hydrogen-bond acceptors (Lipinski definition) is 3. The first kappa shape index (κ1) is 12.7. The summed E-state index contributed by atoms with van der Waals surface area (Å²) in [5, 5.41) is 9.01. The molecule has 0 aliphatic rings. The van der Waals surface area contributed by atoms with E-state index in [4.69, 9.17) is 5.11 Å². The summed E-state index contributed by atoms with van der Waals surface area (Å²) >= 11 is 0.0857. The molecule has 0 spiro atoms. The molecule has 7 heteroatoms. The Morgan fingerprint density at radius 3 is 2.67 bits per heavy atom. The highest BCUT2D eigenvalue weighted by Gasteiger charge is 2.13. The van der Waals surface area contributed by atoms with E-state index in [1.54, 1.807) is 0 Å². The Labute approximate surface area is 104 Å². The van der Waals surface area contributed by atoms with Gasteiger partial charge in [0.1, 0.15) is 5.82 Å². The van der Waals surface area contributed by atoms with Crippen molar-refractivity contribution in [3.8, 4) is 0 Å². The van der Waals surface area contributed by atoms with Gasteiger partial charge in [-0.2, -0.15) is 8.78 Å². The second-order valence-corrected chi connectivity index (χ2v) is 4.41. The maximum Gasteiger partial charge on any atom is 0.337 e. The first-order valence-corrected chi connectivity index (χ1v) is 5.63. The van der Waals surface area contributed by atoms with Gasteiger partial charge in [-0.25, -0.2) is 9.18 Å². The van der Waals surface area contributed by atoms with Crippen LogP contribution in [0, 0.1) is 5.82 Å². The smallest absolute Gasteiger partial charge is 0.337 e. The number of rotatable bonds is 3. The summed E-state index contributed by atoms with van der Waals surface area (Å²) in [7, 11) is 0. The van der Waals surface area contributed by atoms with E-state index in [1.807, 2.05) is 0 Å². The van der Waals surface area contributed by atoms with Crippen molar-refractivity contribution >= 4 is 28.6 Å². The zero-order valence-electron chi connectivity index (χ0n) is 8.73. The third-order valence-electron chi connectivity index (χ3n) is 2.20. The Bertz CT molecular complexity index is 619. The summed E-state index contributed by atoms with van der Waals surface area (Å²) in [6.45, 7) is 0. The minimum absolute atomic E-state index is 0.0857. The second kappa shape index (κ2) is 4.85. The number of pyridine rings is 1. The van der Waals surface area contributed by atoms with Gasteiger partial charge < -0.3 is 5.11 Å². The monoisotopic (exact) mass is 273 g/mol. The molecule has 1 N–H and O–H groups in total. The van der Waals surface area contributed by atoms with Crippen molar-refractivity contribution < 1.29 is 23.1 Å². The number of alkyl halides is 2. The minimum atomic E-state index is -2.73. The number of fused-ring (bicyclic) bond motifs is 1. The largest absolute Gasteiger partial charge is 0.478 e. The van der Waals surface area contributed by atoms with E-state index in [1.165, 1.54) is 12.1 Å². The molecule has 2 rings (SSSR count). The maximum atomic E-state index is 13.5. The number of hydrogen-bond donors (Lipinski definition) is 1. The highest BCUT2D eigenvalue weighted by Crippen LogP contribution is 2.30. The fraction of sp³-hybridized carbons (Fsp3) is 0.0909. The molecule has 1 heterocycles. The van der Waals surface area contributed by atoms with Gasteiger partial charge in [0.25, 0.3) is 5.76 Å². The topological polar surface area (TPSA) is 50.2 Å². The highest BCUT2D eigenvalue weighted by atomic mass is 32.2. The summed E-state index contributed by atoms with van der Waals surface area (Å²) in [5.41, 5.74) is 0.181. The van der Waals surface area contributed by atoms with Crippen LogP contribution >= 0.6 is 11.8 Å². The van der Waals surface area contributed by atoms with Gasteiger partial charge in [0.05, 0.1) is 16.0 Å². The zero-order valence-corrected chi connectivity index (χ0v) is 9.55. The number of benzene rings is 1. The molecule has 1 aromatic carbocycles. The van der Waals surface area contributed by atoms with Gasteiger partial charge in [0, 0.05) is 11.6 Å². The van der Waals surface area contributed by atoms with Crippen LogP contribution in [0.1, 0.15) is 10.4 Å². The van der Waals surface area contributed by atoms with E-state index < -0.39 is 17.5 Å². The van der Waals surface area contributed by atoms with Gasteiger partial charge in [-0.05, 0) is 18.2 Å². The predicted octanol–water partition coefficient (Wildman–Crippen LogP) is 3.39. The van der Waals surface area contributed by atoms with Crippen molar-refractivity contribution in [2.45, 2.75) is 10.7 Å². The van der Waals surface area contributed by atoms with Crippen molar-refractivity contribution in [1.82, 2.24) is 4.98 Å². The lowest BCUT2D eigenvalue weighted by atomic mass is 10.1. The SMILES string of the molecule is O=C(O)c1cnc2cc(SC(F)F)c(F)cc2c1. The fourth-order valence-electron chi connectivity index (χ4n) is 1.43. The van der Waals surface area contributed by atoms with E-state index in [-0.39, 0.29) is 33.1 Å². The Morgan fingerprint density at radius 2 is 2.06 bits per heavy atom. The molecule has 18 heavy (non-hydrogen) atoms. The van der Waals surface area contributed by atoms with Gasteiger partial charge in [0.2, 0.25) is 0 Å². The lowest BCUT2D eigenvalue weighted by Crippen LogP contribution is -1.97. The molecule has 0 fully saturated rings. The van der Waals surface area contributed by atoms with Crippen molar-refractivity contribution in [1.29, 1.82) is 0 Å². The van der Waals surface area contributed by atoms with Crippen molar-refractivity contribution in [2.75, 3.05) is 0 Å². The molecule has 0 aliphatic heterocycles. The molecule has 94 valence electrons. The van der Waals surface area contributed by atoms with Gasteiger partial charge in [-0.3, -0.25) is 4.98 Å². The number of halogens is 3. The molecule has 0 radical (unpaired) electrons. The average Bonchev–Trinajstić information content (AvgIpc) is 2.28. The minimum Gasteiger partial charge on any atom is -0.478 e. The van der Waals surface area contributed by atoms with Crippen molar-refractivity contribution in [3.05, 3.63) is 35.8 Å².